The summed E-state index contributed by atoms with van der Waals surface area (Å²) in [6, 6.07) is 10.6. The number of sulfonamides is 1. The molecular formula is C13H14ClNO2S2. The maximum Gasteiger partial charge on any atom is 0.273 e. The summed E-state index contributed by atoms with van der Waals surface area (Å²) >= 11 is 6.89. The van der Waals surface area contributed by atoms with Crippen LogP contribution in [0.1, 0.15) is 12.5 Å². The Balaban J connectivity index is 2.47. The van der Waals surface area contributed by atoms with E-state index in [9.17, 15) is 8.42 Å². The molecule has 1 aromatic carbocycles. The van der Waals surface area contributed by atoms with E-state index < -0.39 is 10.0 Å². The maximum atomic E-state index is 12.6. The fourth-order valence-corrected chi connectivity index (χ4v) is 4.88. The van der Waals surface area contributed by atoms with Gasteiger partial charge in [0.05, 0.1) is 10.0 Å². The zero-order valence-corrected chi connectivity index (χ0v) is 13.0. The topological polar surface area (TPSA) is 37.4 Å². The van der Waals surface area contributed by atoms with E-state index in [2.05, 4.69) is 0 Å². The van der Waals surface area contributed by atoms with E-state index in [0.29, 0.717) is 16.6 Å². The van der Waals surface area contributed by atoms with Crippen molar-refractivity contribution in [3.05, 3.63) is 46.3 Å². The van der Waals surface area contributed by atoms with Crippen molar-refractivity contribution in [2.45, 2.75) is 18.1 Å². The zero-order chi connectivity index (χ0) is 14.0. The molecule has 1 aromatic heterocycles. The molecular weight excluding hydrogens is 302 g/mol. The van der Waals surface area contributed by atoms with Gasteiger partial charge in [-0.3, -0.25) is 4.31 Å². The van der Waals surface area contributed by atoms with Crippen LogP contribution in [0.4, 0.5) is 5.69 Å². The fraction of sp³-hybridized carbons (Fsp3) is 0.231. The summed E-state index contributed by atoms with van der Waals surface area (Å²) in [4.78, 5) is 0. The highest BCUT2D eigenvalue weighted by molar-refractivity contribution is 7.94. The summed E-state index contributed by atoms with van der Waals surface area (Å²) in [5, 5.41) is 0. The van der Waals surface area contributed by atoms with Gasteiger partial charge >= 0.3 is 0 Å². The first-order valence-electron chi connectivity index (χ1n) is 5.80. The Kier molecular flexibility index (Phi) is 4.18. The van der Waals surface area contributed by atoms with Crippen LogP contribution in [-0.2, 0) is 10.0 Å². The summed E-state index contributed by atoms with van der Waals surface area (Å²) in [5.74, 6) is 0. The van der Waals surface area contributed by atoms with Crippen LogP contribution in [0, 0.1) is 6.92 Å². The molecule has 0 saturated carbocycles. The van der Waals surface area contributed by atoms with Gasteiger partial charge in [0, 0.05) is 6.54 Å². The average Bonchev–Trinajstić information content (AvgIpc) is 2.77. The monoisotopic (exact) mass is 315 g/mol. The highest BCUT2D eigenvalue weighted by Gasteiger charge is 2.25. The van der Waals surface area contributed by atoms with Gasteiger partial charge in [0.25, 0.3) is 10.0 Å². The molecule has 0 aliphatic heterocycles. The number of aryl methyl sites for hydroxylation is 1. The Hall–Kier alpha value is -1.04. The first-order valence-corrected chi connectivity index (χ1v) is 8.43. The van der Waals surface area contributed by atoms with Crippen molar-refractivity contribution in [2.75, 3.05) is 10.8 Å². The Morgan fingerprint density at radius 1 is 1.26 bits per heavy atom. The molecule has 0 bridgehead atoms. The summed E-state index contributed by atoms with van der Waals surface area (Å²) in [5.41, 5.74) is 1.70. The van der Waals surface area contributed by atoms with Crippen molar-refractivity contribution >= 4 is 38.6 Å². The molecule has 0 radical (unpaired) electrons. The molecule has 19 heavy (non-hydrogen) atoms. The Labute approximate surface area is 122 Å². The van der Waals surface area contributed by atoms with Crippen molar-refractivity contribution in [3.8, 4) is 0 Å². The van der Waals surface area contributed by atoms with Gasteiger partial charge in [0.15, 0.2) is 0 Å². The zero-order valence-electron chi connectivity index (χ0n) is 10.6. The van der Waals surface area contributed by atoms with Crippen LogP contribution >= 0.6 is 22.9 Å². The predicted molar refractivity (Wildman–Crippen MR) is 80.7 cm³/mol. The van der Waals surface area contributed by atoms with Crippen molar-refractivity contribution < 1.29 is 8.42 Å². The number of hydrogen-bond acceptors (Lipinski definition) is 3. The third kappa shape index (κ3) is 2.94. The minimum atomic E-state index is -3.53. The first kappa shape index (κ1) is 14.4. The number of rotatable bonds is 4. The molecule has 2 rings (SSSR count). The standard InChI is InChI=1S/C13H14ClNO2S2/c1-3-15(11-6-4-5-10(2)9-11)19(16,17)13-8-7-12(14)18-13/h4-9H,3H2,1-2H3. The van der Waals surface area contributed by atoms with E-state index in [1.54, 1.807) is 18.2 Å². The minimum absolute atomic E-state index is 0.265. The number of nitrogens with zero attached hydrogens (tertiary/aromatic N) is 1. The molecule has 0 fully saturated rings. The molecule has 0 atom stereocenters. The van der Waals surface area contributed by atoms with Gasteiger partial charge in [0.2, 0.25) is 0 Å². The Morgan fingerprint density at radius 3 is 2.53 bits per heavy atom. The summed E-state index contributed by atoms with van der Waals surface area (Å²) in [7, 11) is -3.53. The third-order valence-corrected chi connectivity index (χ3v) is 6.27. The van der Waals surface area contributed by atoms with Gasteiger partial charge in [-0.25, -0.2) is 8.42 Å². The number of benzene rings is 1. The highest BCUT2D eigenvalue weighted by Crippen LogP contribution is 2.30. The molecule has 0 amide bonds. The van der Waals surface area contributed by atoms with Gasteiger partial charge < -0.3 is 0 Å². The molecule has 6 heteroatoms. The number of thiophene rings is 1. The van der Waals surface area contributed by atoms with E-state index in [-0.39, 0.29) is 4.21 Å². The average molecular weight is 316 g/mol. The lowest BCUT2D eigenvalue weighted by atomic mass is 10.2. The van der Waals surface area contributed by atoms with E-state index in [4.69, 9.17) is 11.6 Å². The highest BCUT2D eigenvalue weighted by atomic mass is 35.5. The van der Waals surface area contributed by atoms with Crippen LogP contribution in [0.5, 0.6) is 0 Å². The predicted octanol–water partition coefficient (Wildman–Crippen LogP) is 3.93. The second kappa shape index (κ2) is 5.53. The fourth-order valence-electron chi connectivity index (χ4n) is 1.82. The lowest BCUT2D eigenvalue weighted by Crippen LogP contribution is -2.30. The molecule has 2 aromatic rings. The van der Waals surface area contributed by atoms with Gasteiger partial charge in [-0.05, 0) is 43.7 Å². The van der Waals surface area contributed by atoms with Crippen molar-refractivity contribution in [3.63, 3.8) is 0 Å². The van der Waals surface area contributed by atoms with Crippen LogP contribution in [0.2, 0.25) is 4.34 Å². The lowest BCUT2D eigenvalue weighted by molar-refractivity contribution is 0.594. The van der Waals surface area contributed by atoms with Gasteiger partial charge in [0.1, 0.15) is 4.21 Å². The smallest absolute Gasteiger partial charge is 0.266 e. The van der Waals surface area contributed by atoms with Crippen molar-refractivity contribution in [1.29, 1.82) is 0 Å². The number of anilines is 1. The maximum absolute atomic E-state index is 12.6. The molecule has 0 N–H and O–H groups in total. The summed E-state index contributed by atoms with van der Waals surface area (Å²) in [6.45, 7) is 4.13. The van der Waals surface area contributed by atoms with E-state index in [1.807, 2.05) is 32.0 Å². The molecule has 3 nitrogen and oxygen atoms in total. The molecule has 0 aliphatic rings. The summed E-state index contributed by atoms with van der Waals surface area (Å²) < 4.78 is 27.3. The number of halogens is 1. The molecule has 0 aliphatic carbocycles. The molecule has 0 saturated heterocycles. The SMILES string of the molecule is CCN(c1cccc(C)c1)S(=O)(=O)c1ccc(Cl)s1. The van der Waals surface area contributed by atoms with Crippen LogP contribution < -0.4 is 4.31 Å². The van der Waals surface area contributed by atoms with Gasteiger partial charge in [-0.2, -0.15) is 0 Å². The second-order valence-corrected chi connectivity index (χ2v) is 7.87. The van der Waals surface area contributed by atoms with Crippen molar-refractivity contribution in [1.82, 2.24) is 0 Å². The second-order valence-electron chi connectivity index (χ2n) is 4.07. The number of hydrogen-bond donors (Lipinski definition) is 0. The van der Waals surface area contributed by atoms with Crippen LogP contribution in [0.25, 0.3) is 0 Å². The van der Waals surface area contributed by atoms with Crippen LogP contribution in [0.3, 0.4) is 0 Å². The van der Waals surface area contributed by atoms with Crippen molar-refractivity contribution in [2.24, 2.45) is 0 Å². The largest absolute Gasteiger partial charge is 0.273 e. The molecule has 0 unspecified atom stereocenters. The minimum Gasteiger partial charge on any atom is -0.266 e. The third-order valence-electron chi connectivity index (χ3n) is 2.67. The normalized spacial score (nSPS) is 11.5. The first-order chi connectivity index (χ1) is 8.95. The Morgan fingerprint density at radius 2 is 2.00 bits per heavy atom. The summed E-state index contributed by atoms with van der Waals surface area (Å²) in [6.07, 6.45) is 0. The molecule has 102 valence electrons. The lowest BCUT2D eigenvalue weighted by Gasteiger charge is -2.22. The molecule has 1 heterocycles. The molecule has 0 spiro atoms. The van der Waals surface area contributed by atoms with E-state index in [0.717, 1.165) is 16.9 Å². The van der Waals surface area contributed by atoms with Crippen LogP contribution in [-0.4, -0.2) is 15.0 Å². The quantitative estimate of drug-likeness (QED) is 0.857. The van der Waals surface area contributed by atoms with Gasteiger partial charge in [-0.1, -0.05) is 23.7 Å². The Bertz CT molecular complexity index is 679. The van der Waals surface area contributed by atoms with Crippen LogP contribution in [0.15, 0.2) is 40.6 Å². The van der Waals surface area contributed by atoms with Gasteiger partial charge in [-0.15, -0.1) is 11.3 Å². The van der Waals surface area contributed by atoms with E-state index in [1.165, 1.54) is 4.31 Å². The van der Waals surface area contributed by atoms with E-state index >= 15 is 0 Å².